The molecule has 3 unspecified atom stereocenters. The minimum atomic E-state index is -0.121. The number of nitrogens with zero attached hydrogens (tertiary/aromatic N) is 1. The number of benzene rings is 1. The second-order valence-corrected chi connectivity index (χ2v) is 7.17. The number of carbonyl (C=O) groups excluding carboxylic acids is 1. The molecule has 1 aromatic carbocycles. The first-order valence-corrected chi connectivity index (χ1v) is 8.88. The predicted molar refractivity (Wildman–Crippen MR) is 87.3 cm³/mol. The van der Waals surface area contributed by atoms with E-state index in [9.17, 15) is 4.79 Å². The van der Waals surface area contributed by atoms with E-state index in [1.165, 1.54) is 0 Å². The molecular formula is C18H22ClNO3. The molecule has 4 rings (SSSR count). The topological polar surface area (TPSA) is 38.8 Å². The fourth-order valence-electron chi connectivity index (χ4n) is 3.90. The Bertz CT molecular complexity index is 587. The van der Waals surface area contributed by atoms with Crippen molar-refractivity contribution in [2.45, 2.75) is 31.5 Å². The van der Waals surface area contributed by atoms with Gasteiger partial charge in [-0.3, -0.25) is 4.79 Å². The van der Waals surface area contributed by atoms with Crippen LogP contribution >= 0.6 is 11.6 Å². The molecule has 0 aromatic heterocycles. The van der Waals surface area contributed by atoms with Crippen molar-refractivity contribution in [1.82, 2.24) is 4.90 Å². The number of amides is 1. The van der Waals surface area contributed by atoms with Crippen molar-refractivity contribution in [2.24, 2.45) is 11.8 Å². The minimum absolute atomic E-state index is 0.0964. The third kappa shape index (κ3) is 3.12. The summed E-state index contributed by atoms with van der Waals surface area (Å²) in [6.07, 6.45) is 2.90. The van der Waals surface area contributed by atoms with E-state index in [1.54, 1.807) is 0 Å². The van der Waals surface area contributed by atoms with Gasteiger partial charge in [0, 0.05) is 29.9 Å². The number of carbonyl (C=O) groups is 1. The van der Waals surface area contributed by atoms with E-state index in [4.69, 9.17) is 21.1 Å². The minimum Gasteiger partial charge on any atom is -0.350 e. The number of halogens is 1. The molecule has 0 N–H and O–H groups in total. The van der Waals surface area contributed by atoms with E-state index in [0.717, 1.165) is 42.9 Å². The summed E-state index contributed by atoms with van der Waals surface area (Å²) in [7, 11) is 0. The van der Waals surface area contributed by atoms with Gasteiger partial charge < -0.3 is 14.4 Å². The Labute approximate surface area is 141 Å². The van der Waals surface area contributed by atoms with E-state index in [0.29, 0.717) is 19.1 Å². The Hall–Kier alpha value is -1.10. The van der Waals surface area contributed by atoms with Gasteiger partial charge in [0.25, 0.3) is 0 Å². The van der Waals surface area contributed by atoms with Gasteiger partial charge in [-0.2, -0.15) is 0 Å². The van der Waals surface area contributed by atoms with Crippen LogP contribution in [0.1, 0.15) is 30.7 Å². The van der Waals surface area contributed by atoms with Crippen LogP contribution in [0.25, 0.3) is 0 Å². The first-order valence-electron chi connectivity index (χ1n) is 8.50. The Morgan fingerprint density at radius 3 is 2.78 bits per heavy atom. The largest absolute Gasteiger partial charge is 0.350 e. The summed E-state index contributed by atoms with van der Waals surface area (Å²) in [5, 5.41) is 0.775. The van der Waals surface area contributed by atoms with E-state index < -0.39 is 0 Å². The number of hydrogen-bond donors (Lipinski definition) is 0. The standard InChI is InChI=1S/C18H22ClNO3/c19-16-6-2-1-5-13(16)14-10-15(14)17(21)20-7-3-4-12(11-20)18-22-8-9-23-18/h1-2,5-6,12,14-15,18H,3-4,7-11H2. The number of hydrogen-bond acceptors (Lipinski definition) is 3. The number of likely N-dealkylation sites (tertiary alicyclic amines) is 1. The maximum Gasteiger partial charge on any atom is 0.226 e. The first kappa shape index (κ1) is 15.4. The lowest BCUT2D eigenvalue weighted by Crippen LogP contribution is -2.44. The second-order valence-electron chi connectivity index (χ2n) is 6.77. The quantitative estimate of drug-likeness (QED) is 0.852. The molecule has 2 aliphatic heterocycles. The third-order valence-electron chi connectivity index (χ3n) is 5.21. The van der Waals surface area contributed by atoms with Gasteiger partial charge in [0.2, 0.25) is 5.91 Å². The van der Waals surface area contributed by atoms with Gasteiger partial charge in [-0.25, -0.2) is 0 Å². The second kappa shape index (κ2) is 6.42. The SMILES string of the molecule is O=C(C1CC1c1ccccc1Cl)N1CCCC(C2OCCO2)C1. The molecule has 1 aromatic rings. The molecule has 2 saturated heterocycles. The van der Waals surface area contributed by atoms with Crippen molar-refractivity contribution in [3.05, 3.63) is 34.9 Å². The molecule has 3 atom stereocenters. The van der Waals surface area contributed by atoms with E-state index in [-0.39, 0.29) is 24.0 Å². The van der Waals surface area contributed by atoms with Crippen molar-refractivity contribution in [1.29, 1.82) is 0 Å². The van der Waals surface area contributed by atoms with Crippen molar-refractivity contribution in [2.75, 3.05) is 26.3 Å². The van der Waals surface area contributed by atoms with Crippen LogP contribution in [0, 0.1) is 11.8 Å². The summed E-state index contributed by atoms with van der Waals surface area (Å²) in [4.78, 5) is 14.8. The van der Waals surface area contributed by atoms with Crippen LogP contribution in [0.4, 0.5) is 0 Å². The van der Waals surface area contributed by atoms with Gasteiger partial charge in [-0.15, -0.1) is 0 Å². The van der Waals surface area contributed by atoms with Gasteiger partial charge >= 0.3 is 0 Å². The molecule has 0 radical (unpaired) electrons. The maximum atomic E-state index is 12.8. The van der Waals surface area contributed by atoms with Crippen LogP contribution in [0.2, 0.25) is 5.02 Å². The molecule has 1 saturated carbocycles. The monoisotopic (exact) mass is 335 g/mol. The summed E-state index contributed by atoms with van der Waals surface area (Å²) in [5.74, 6) is 0.972. The average molecular weight is 336 g/mol. The molecule has 23 heavy (non-hydrogen) atoms. The number of rotatable bonds is 3. The third-order valence-corrected chi connectivity index (χ3v) is 5.56. The summed E-state index contributed by atoms with van der Waals surface area (Å²) in [6.45, 7) is 2.96. The molecule has 0 spiro atoms. The predicted octanol–water partition coefficient (Wildman–Crippen LogP) is 3.06. The normalized spacial score (nSPS) is 31.3. The van der Waals surface area contributed by atoms with Gasteiger partial charge in [-0.05, 0) is 36.8 Å². The van der Waals surface area contributed by atoms with Crippen molar-refractivity contribution in [3.63, 3.8) is 0 Å². The van der Waals surface area contributed by atoms with Crippen molar-refractivity contribution in [3.8, 4) is 0 Å². The number of piperidine rings is 1. The van der Waals surface area contributed by atoms with Crippen LogP contribution in [0.15, 0.2) is 24.3 Å². The fourth-order valence-corrected chi connectivity index (χ4v) is 4.18. The van der Waals surface area contributed by atoms with Crippen molar-refractivity contribution < 1.29 is 14.3 Å². The van der Waals surface area contributed by atoms with Crippen LogP contribution in [-0.2, 0) is 14.3 Å². The van der Waals surface area contributed by atoms with Gasteiger partial charge in [0.15, 0.2) is 6.29 Å². The molecule has 4 nitrogen and oxygen atoms in total. The lowest BCUT2D eigenvalue weighted by molar-refractivity contribution is -0.140. The lowest BCUT2D eigenvalue weighted by atomic mass is 9.96. The number of ether oxygens (including phenoxy) is 2. The zero-order chi connectivity index (χ0) is 15.8. The van der Waals surface area contributed by atoms with E-state index in [2.05, 4.69) is 0 Å². The molecule has 2 heterocycles. The van der Waals surface area contributed by atoms with Gasteiger partial charge in [0.05, 0.1) is 13.2 Å². The molecule has 3 fully saturated rings. The summed E-state index contributed by atoms with van der Waals surface area (Å²) < 4.78 is 11.3. The molecule has 1 aliphatic carbocycles. The van der Waals surface area contributed by atoms with Crippen LogP contribution < -0.4 is 0 Å². The van der Waals surface area contributed by atoms with Crippen LogP contribution in [-0.4, -0.2) is 43.4 Å². The smallest absolute Gasteiger partial charge is 0.226 e. The van der Waals surface area contributed by atoms with Crippen LogP contribution in [0.3, 0.4) is 0 Å². The Morgan fingerprint density at radius 2 is 2.00 bits per heavy atom. The highest BCUT2D eigenvalue weighted by molar-refractivity contribution is 6.31. The molecule has 1 amide bonds. The highest BCUT2D eigenvalue weighted by atomic mass is 35.5. The summed E-state index contributed by atoms with van der Waals surface area (Å²) in [6, 6.07) is 7.87. The Morgan fingerprint density at radius 1 is 1.22 bits per heavy atom. The Balaban J connectivity index is 1.39. The zero-order valence-corrected chi connectivity index (χ0v) is 13.9. The van der Waals surface area contributed by atoms with Crippen molar-refractivity contribution >= 4 is 17.5 Å². The first-order chi connectivity index (χ1) is 11.2. The molecule has 0 bridgehead atoms. The molecule has 5 heteroatoms. The van der Waals surface area contributed by atoms with E-state index >= 15 is 0 Å². The Kier molecular flexibility index (Phi) is 4.31. The fraction of sp³-hybridized carbons (Fsp3) is 0.611. The zero-order valence-electron chi connectivity index (χ0n) is 13.1. The van der Waals surface area contributed by atoms with Crippen LogP contribution in [0.5, 0.6) is 0 Å². The molecular weight excluding hydrogens is 314 g/mol. The average Bonchev–Trinajstić information content (AvgIpc) is 3.17. The highest BCUT2D eigenvalue weighted by Gasteiger charge is 2.47. The maximum absolute atomic E-state index is 12.8. The van der Waals surface area contributed by atoms with Gasteiger partial charge in [0.1, 0.15) is 0 Å². The molecule has 124 valence electrons. The molecule has 3 aliphatic rings. The van der Waals surface area contributed by atoms with E-state index in [1.807, 2.05) is 29.2 Å². The highest BCUT2D eigenvalue weighted by Crippen LogP contribution is 2.50. The van der Waals surface area contributed by atoms with Gasteiger partial charge in [-0.1, -0.05) is 29.8 Å². The summed E-state index contributed by atoms with van der Waals surface area (Å²) >= 11 is 6.27. The lowest BCUT2D eigenvalue weighted by Gasteiger charge is -2.35. The summed E-state index contributed by atoms with van der Waals surface area (Å²) in [5.41, 5.74) is 1.11.